The fraction of sp³-hybridized carbons (Fsp3) is 0.200. The predicted octanol–water partition coefficient (Wildman–Crippen LogP) is 1.34. The Bertz CT molecular complexity index is 379. The van der Waals surface area contributed by atoms with Crippen molar-refractivity contribution in [2.24, 2.45) is 0 Å². The molecule has 1 aromatic carbocycles. The highest BCUT2D eigenvalue weighted by atomic mass is 35.5. The van der Waals surface area contributed by atoms with Gasteiger partial charge in [-0.25, -0.2) is 0 Å². The Hall–Kier alpha value is -1.55. The monoisotopic (exact) mass is 226 g/mol. The van der Waals surface area contributed by atoms with Crippen LogP contribution in [0.25, 0.3) is 0 Å². The molecule has 0 aromatic heterocycles. The van der Waals surface area contributed by atoms with Crippen LogP contribution >= 0.6 is 11.6 Å². The van der Waals surface area contributed by atoms with E-state index in [1.165, 1.54) is 0 Å². The molecule has 1 radical (unpaired) electrons. The summed E-state index contributed by atoms with van der Waals surface area (Å²) in [6, 6.07) is 7.45. The number of amides is 1. The van der Waals surface area contributed by atoms with Gasteiger partial charge in [-0.1, -0.05) is 23.7 Å². The zero-order chi connectivity index (χ0) is 11.3. The molecule has 0 aliphatic heterocycles. The maximum atomic E-state index is 11.4. The number of carbonyl (C=O) groups excluding carboxylic acids is 1. The van der Waals surface area contributed by atoms with Gasteiger partial charge in [0, 0.05) is 12.6 Å². The third kappa shape index (κ3) is 3.59. The number of benzene rings is 1. The van der Waals surface area contributed by atoms with Gasteiger partial charge in [-0.05, 0) is 6.07 Å². The molecule has 4 nitrogen and oxygen atoms in total. The minimum absolute atomic E-state index is 0.0827. The van der Waals surface area contributed by atoms with E-state index in [1.807, 2.05) is 0 Å². The quantitative estimate of drug-likeness (QED) is 0.814. The summed E-state index contributed by atoms with van der Waals surface area (Å²) in [6.45, 7) is 0.0827. The lowest BCUT2D eigenvalue weighted by Crippen LogP contribution is -2.26. The third-order valence-electron chi connectivity index (χ3n) is 1.67. The standard InChI is InChI=1S/C10H9ClNO3/c11-8-4-2-1-3-7(8)10(15)12-6-5-9(13)14/h1-3H,5-6H2,(H,12,15)(H,13,14). The van der Waals surface area contributed by atoms with Gasteiger partial charge in [0.15, 0.2) is 0 Å². The lowest BCUT2D eigenvalue weighted by Gasteiger charge is -2.04. The number of halogens is 1. The molecule has 0 fully saturated rings. The highest BCUT2D eigenvalue weighted by molar-refractivity contribution is 6.33. The number of hydrogen-bond acceptors (Lipinski definition) is 2. The van der Waals surface area contributed by atoms with E-state index in [2.05, 4.69) is 11.4 Å². The van der Waals surface area contributed by atoms with Gasteiger partial charge in [0.2, 0.25) is 0 Å². The first kappa shape index (κ1) is 11.5. The van der Waals surface area contributed by atoms with Gasteiger partial charge in [-0.3, -0.25) is 9.59 Å². The topological polar surface area (TPSA) is 66.4 Å². The van der Waals surface area contributed by atoms with Gasteiger partial charge in [0.1, 0.15) is 0 Å². The Balaban J connectivity index is 2.54. The average molecular weight is 227 g/mol. The van der Waals surface area contributed by atoms with Crippen molar-refractivity contribution in [1.82, 2.24) is 5.32 Å². The van der Waals surface area contributed by atoms with Gasteiger partial charge >= 0.3 is 5.97 Å². The molecule has 79 valence electrons. The predicted molar refractivity (Wildman–Crippen MR) is 54.9 cm³/mol. The minimum Gasteiger partial charge on any atom is -0.481 e. The van der Waals surface area contributed by atoms with E-state index in [9.17, 15) is 9.59 Å². The molecule has 5 heteroatoms. The van der Waals surface area contributed by atoms with E-state index in [0.717, 1.165) is 0 Å². The van der Waals surface area contributed by atoms with E-state index >= 15 is 0 Å². The summed E-state index contributed by atoms with van der Waals surface area (Å²) in [5.41, 5.74) is 0.296. The maximum Gasteiger partial charge on any atom is 0.305 e. The molecule has 0 spiro atoms. The van der Waals surface area contributed by atoms with Crippen LogP contribution in [0.2, 0.25) is 5.02 Å². The smallest absolute Gasteiger partial charge is 0.305 e. The number of carboxylic acid groups (broad SMARTS) is 1. The molecule has 0 bridgehead atoms. The fourth-order valence-corrected chi connectivity index (χ4v) is 1.18. The summed E-state index contributed by atoms with van der Waals surface area (Å²) in [7, 11) is 0. The second kappa shape index (κ2) is 5.36. The molecule has 0 aliphatic carbocycles. The second-order valence-corrected chi connectivity index (χ2v) is 3.18. The van der Waals surface area contributed by atoms with Crippen molar-refractivity contribution in [2.45, 2.75) is 6.42 Å². The Morgan fingerprint density at radius 2 is 2.27 bits per heavy atom. The molecule has 0 aliphatic rings. The lowest BCUT2D eigenvalue weighted by molar-refractivity contribution is -0.136. The Morgan fingerprint density at radius 3 is 2.87 bits per heavy atom. The second-order valence-electron chi connectivity index (χ2n) is 2.80. The van der Waals surface area contributed by atoms with E-state index in [-0.39, 0.29) is 18.0 Å². The molecule has 1 rings (SSSR count). The number of carboxylic acids is 1. The first-order chi connectivity index (χ1) is 7.11. The molecule has 1 aromatic rings. The summed E-state index contributed by atoms with van der Waals surface area (Å²) in [5, 5.41) is 11.0. The van der Waals surface area contributed by atoms with Crippen LogP contribution in [-0.2, 0) is 4.79 Å². The van der Waals surface area contributed by atoms with Gasteiger partial charge in [0.25, 0.3) is 5.91 Å². The van der Waals surface area contributed by atoms with Crippen LogP contribution < -0.4 is 5.32 Å². The zero-order valence-corrected chi connectivity index (χ0v) is 8.54. The van der Waals surface area contributed by atoms with E-state index in [0.29, 0.717) is 5.56 Å². The van der Waals surface area contributed by atoms with Gasteiger partial charge in [0.05, 0.1) is 17.0 Å². The number of nitrogens with one attached hydrogen (secondary N) is 1. The number of carbonyl (C=O) groups is 2. The van der Waals surface area contributed by atoms with Crippen LogP contribution in [0.4, 0.5) is 0 Å². The summed E-state index contributed by atoms with van der Waals surface area (Å²) in [5.74, 6) is -1.35. The van der Waals surface area contributed by atoms with E-state index < -0.39 is 11.9 Å². The van der Waals surface area contributed by atoms with Crippen LogP contribution in [0.5, 0.6) is 0 Å². The van der Waals surface area contributed by atoms with Crippen molar-refractivity contribution >= 4 is 23.5 Å². The summed E-state index contributed by atoms with van der Waals surface area (Å²) in [6.07, 6.45) is -0.111. The van der Waals surface area contributed by atoms with Crippen molar-refractivity contribution < 1.29 is 14.7 Å². The van der Waals surface area contributed by atoms with Gasteiger partial charge < -0.3 is 10.4 Å². The summed E-state index contributed by atoms with van der Waals surface area (Å²) in [4.78, 5) is 21.6. The third-order valence-corrected chi connectivity index (χ3v) is 1.99. The first-order valence-corrected chi connectivity index (χ1v) is 4.65. The Morgan fingerprint density at radius 1 is 1.53 bits per heavy atom. The molecule has 0 unspecified atom stereocenters. The van der Waals surface area contributed by atoms with Crippen LogP contribution in [0.15, 0.2) is 18.2 Å². The number of rotatable bonds is 4. The number of hydrogen-bond donors (Lipinski definition) is 2. The molecule has 0 atom stereocenters. The average Bonchev–Trinajstić information content (AvgIpc) is 2.17. The molecule has 0 saturated carbocycles. The van der Waals surface area contributed by atoms with Crippen LogP contribution in [0.1, 0.15) is 16.8 Å². The Labute approximate surface area is 91.9 Å². The highest BCUT2D eigenvalue weighted by Gasteiger charge is 2.09. The molecule has 0 heterocycles. The maximum absolute atomic E-state index is 11.4. The largest absolute Gasteiger partial charge is 0.481 e. The van der Waals surface area contributed by atoms with Crippen molar-refractivity contribution in [1.29, 1.82) is 0 Å². The molecule has 15 heavy (non-hydrogen) atoms. The zero-order valence-electron chi connectivity index (χ0n) is 7.79. The summed E-state index contributed by atoms with van der Waals surface area (Å²) >= 11 is 5.73. The van der Waals surface area contributed by atoms with Crippen molar-refractivity contribution in [3.8, 4) is 0 Å². The van der Waals surface area contributed by atoms with Crippen LogP contribution in [0, 0.1) is 6.07 Å². The normalized spacial score (nSPS) is 9.67. The first-order valence-electron chi connectivity index (χ1n) is 4.27. The summed E-state index contributed by atoms with van der Waals surface area (Å²) < 4.78 is 0. The lowest BCUT2D eigenvalue weighted by atomic mass is 10.2. The van der Waals surface area contributed by atoms with Crippen molar-refractivity contribution in [3.63, 3.8) is 0 Å². The Kier molecular flexibility index (Phi) is 4.12. The van der Waals surface area contributed by atoms with Gasteiger partial charge in [-0.15, -0.1) is 0 Å². The number of aliphatic carboxylic acids is 1. The van der Waals surface area contributed by atoms with Crippen LogP contribution in [-0.4, -0.2) is 23.5 Å². The van der Waals surface area contributed by atoms with Crippen LogP contribution in [0.3, 0.4) is 0 Å². The van der Waals surface area contributed by atoms with E-state index in [4.69, 9.17) is 16.7 Å². The van der Waals surface area contributed by atoms with Gasteiger partial charge in [-0.2, -0.15) is 0 Å². The molecule has 2 N–H and O–H groups in total. The van der Waals surface area contributed by atoms with Crippen molar-refractivity contribution in [3.05, 3.63) is 34.9 Å². The SMILES string of the molecule is O=C(O)CCNC(=O)c1ccc[c]c1Cl. The molecule has 1 amide bonds. The van der Waals surface area contributed by atoms with E-state index in [1.54, 1.807) is 18.2 Å². The molecular formula is C10H9ClNO3. The molecule has 0 saturated heterocycles. The highest BCUT2D eigenvalue weighted by Crippen LogP contribution is 2.13. The fourth-order valence-electron chi connectivity index (χ4n) is 0.970. The van der Waals surface area contributed by atoms with Crippen molar-refractivity contribution in [2.75, 3.05) is 6.54 Å². The minimum atomic E-state index is -0.957. The molecular weight excluding hydrogens is 218 g/mol.